The van der Waals surface area contributed by atoms with Crippen LogP contribution in [-0.4, -0.2) is 40.4 Å². The largest absolute Gasteiger partial charge is 0.481 e. The lowest BCUT2D eigenvalue weighted by Gasteiger charge is -2.33. The van der Waals surface area contributed by atoms with Crippen LogP contribution in [0.25, 0.3) is 0 Å². The summed E-state index contributed by atoms with van der Waals surface area (Å²) in [4.78, 5) is 22.4. The molecule has 2 amide bonds. The molecule has 6 heteroatoms. The zero-order valence-electron chi connectivity index (χ0n) is 12.5. The van der Waals surface area contributed by atoms with E-state index >= 15 is 0 Å². The topological polar surface area (TPSA) is 98.7 Å². The molecule has 0 radical (unpaired) electrons. The fraction of sp³-hybridized carbons (Fsp3) is 0.857. The number of carboxylic acid groups (broad SMARTS) is 1. The molecule has 0 heterocycles. The molecule has 20 heavy (non-hydrogen) atoms. The summed E-state index contributed by atoms with van der Waals surface area (Å²) in [5, 5.41) is 23.9. The van der Waals surface area contributed by atoms with Gasteiger partial charge in [-0.15, -0.1) is 0 Å². The molecule has 0 aromatic carbocycles. The molecule has 0 aromatic heterocycles. The van der Waals surface area contributed by atoms with Crippen molar-refractivity contribution in [2.45, 2.75) is 58.1 Å². The Kier molecular flexibility index (Phi) is 5.80. The lowest BCUT2D eigenvalue weighted by molar-refractivity contribution is -0.141. The van der Waals surface area contributed by atoms with Gasteiger partial charge in [-0.05, 0) is 38.0 Å². The number of hydrogen-bond acceptors (Lipinski definition) is 3. The van der Waals surface area contributed by atoms with Crippen LogP contribution in [0.15, 0.2) is 0 Å². The van der Waals surface area contributed by atoms with Gasteiger partial charge in [0.15, 0.2) is 0 Å². The predicted octanol–water partition coefficient (Wildman–Crippen LogP) is 1.34. The SMILES string of the molecule is CC1CCC(NC(=O)NCC(C)(O)CC(=O)O)C(C)C1. The van der Waals surface area contributed by atoms with Gasteiger partial charge in [-0.25, -0.2) is 4.79 Å². The first-order valence-electron chi connectivity index (χ1n) is 7.18. The van der Waals surface area contributed by atoms with E-state index in [1.54, 1.807) is 0 Å². The number of carbonyl (C=O) groups excluding carboxylic acids is 1. The molecule has 1 fully saturated rings. The molecule has 1 aliphatic carbocycles. The molecule has 4 unspecified atom stereocenters. The molecule has 4 atom stereocenters. The fourth-order valence-electron chi connectivity index (χ4n) is 2.76. The molecule has 116 valence electrons. The van der Waals surface area contributed by atoms with Crippen molar-refractivity contribution >= 4 is 12.0 Å². The number of nitrogens with one attached hydrogen (secondary N) is 2. The van der Waals surface area contributed by atoms with Crippen LogP contribution in [-0.2, 0) is 4.79 Å². The van der Waals surface area contributed by atoms with Crippen molar-refractivity contribution in [1.82, 2.24) is 10.6 Å². The minimum atomic E-state index is -1.43. The smallest absolute Gasteiger partial charge is 0.315 e. The third kappa shape index (κ3) is 5.77. The number of hydrogen-bond donors (Lipinski definition) is 4. The van der Waals surface area contributed by atoms with Gasteiger partial charge in [0.25, 0.3) is 0 Å². The molecule has 0 spiro atoms. The molecule has 1 rings (SSSR count). The molecule has 4 N–H and O–H groups in total. The van der Waals surface area contributed by atoms with Gasteiger partial charge in [0.1, 0.15) is 0 Å². The van der Waals surface area contributed by atoms with Crippen molar-refractivity contribution in [3.63, 3.8) is 0 Å². The summed E-state index contributed by atoms with van der Waals surface area (Å²) in [5.74, 6) is 0.0403. The van der Waals surface area contributed by atoms with E-state index < -0.39 is 18.0 Å². The van der Waals surface area contributed by atoms with Crippen LogP contribution in [0.1, 0.15) is 46.5 Å². The van der Waals surface area contributed by atoms with E-state index in [-0.39, 0.29) is 18.6 Å². The van der Waals surface area contributed by atoms with E-state index in [0.717, 1.165) is 19.3 Å². The van der Waals surface area contributed by atoms with Crippen LogP contribution < -0.4 is 10.6 Å². The summed E-state index contributed by atoms with van der Waals surface area (Å²) >= 11 is 0. The predicted molar refractivity (Wildman–Crippen MR) is 75.4 cm³/mol. The van der Waals surface area contributed by atoms with Gasteiger partial charge in [0, 0.05) is 12.6 Å². The van der Waals surface area contributed by atoms with Gasteiger partial charge in [0.2, 0.25) is 0 Å². The van der Waals surface area contributed by atoms with E-state index in [2.05, 4.69) is 24.5 Å². The van der Waals surface area contributed by atoms with Crippen molar-refractivity contribution in [3.05, 3.63) is 0 Å². The Bertz CT molecular complexity index is 357. The van der Waals surface area contributed by atoms with Gasteiger partial charge in [-0.2, -0.15) is 0 Å². The van der Waals surface area contributed by atoms with Gasteiger partial charge in [-0.1, -0.05) is 13.8 Å². The second-order valence-electron chi connectivity index (χ2n) is 6.40. The molecule has 0 saturated heterocycles. The molecule has 0 bridgehead atoms. The highest BCUT2D eigenvalue weighted by Gasteiger charge is 2.28. The second-order valence-corrected chi connectivity index (χ2v) is 6.40. The Morgan fingerprint density at radius 3 is 2.50 bits per heavy atom. The maximum atomic E-state index is 11.8. The average Bonchev–Trinajstić information content (AvgIpc) is 2.29. The van der Waals surface area contributed by atoms with Crippen LogP contribution in [0, 0.1) is 11.8 Å². The Morgan fingerprint density at radius 2 is 1.95 bits per heavy atom. The van der Waals surface area contributed by atoms with E-state index in [4.69, 9.17) is 5.11 Å². The fourth-order valence-corrected chi connectivity index (χ4v) is 2.76. The average molecular weight is 286 g/mol. The van der Waals surface area contributed by atoms with Gasteiger partial charge in [-0.3, -0.25) is 4.79 Å². The van der Waals surface area contributed by atoms with Crippen LogP contribution in [0.2, 0.25) is 0 Å². The van der Waals surface area contributed by atoms with Crippen molar-refractivity contribution in [2.24, 2.45) is 11.8 Å². The summed E-state index contributed by atoms with van der Waals surface area (Å²) in [6, 6.07) is -0.197. The summed E-state index contributed by atoms with van der Waals surface area (Å²) in [7, 11) is 0. The lowest BCUT2D eigenvalue weighted by atomic mass is 9.80. The Labute approximate surface area is 119 Å². The molecular weight excluding hydrogens is 260 g/mol. The number of carbonyl (C=O) groups is 2. The molecule has 6 nitrogen and oxygen atoms in total. The van der Waals surface area contributed by atoms with Crippen LogP contribution in [0.5, 0.6) is 0 Å². The summed E-state index contributed by atoms with van der Waals surface area (Å²) < 4.78 is 0. The molecule has 1 saturated carbocycles. The Balaban J connectivity index is 2.35. The quantitative estimate of drug-likeness (QED) is 0.613. The van der Waals surface area contributed by atoms with Gasteiger partial charge >= 0.3 is 12.0 Å². The number of aliphatic hydroxyl groups is 1. The maximum absolute atomic E-state index is 11.8. The zero-order valence-corrected chi connectivity index (χ0v) is 12.5. The van der Waals surface area contributed by atoms with Crippen molar-refractivity contribution in [3.8, 4) is 0 Å². The van der Waals surface area contributed by atoms with Gasteiger partial charge < -0.3 is 20.8 Å². The van der Waals surface area contributed by atoms with E-state index in [1.165, 1.54) is 6.92 Å². The number of amides is 2. The molecule has 1 aliphatic rings. The third-order valence-electron chi connectivity index (χ3n) is 3.91. The minimum Gasteiger partial charge on any atom is -0.481 e. The highest BCUT2D eigenvalue weighted by Crippen LogP contribution is 2.28. The summed E-state index contributed by atoms with van der Waals surface area (Å²) in [5.41, 5.74) is -1.43. The van der Waals surface area contributed by atoms with Crippen LogP contribution in [0.3, 0.4) is 0 Å². The maximum Gasteiger partial charge on any atom is 0.315 e. The van der Waals surface area contributed by atoms with Crippen molar-refractivity contribution < 1.29 is 19.8 Å². The molecular formula is C14H26N2O4. The first kappa shape index (κ1) is 16.8. The summed E-state index contributed by atoms with van der Waals surface area (Å²) in [6.45, 7) is 5.66. The standard InChI is InChI=1S/C14H26N2O4/c1-9-4-5-11(10(2)6-9)16-13(19)15-8-14(3,20)7-12(17)18/h9-11,20H,4-8H2,1-3H3,(H,17,18)(H2,15,16,19). The van der Waals surface area contributed by atoms with Crippen molar-refractivity contribution in [1.29, 1.82) is 0 Å². The monoisotopic (exact) mass is 286 g/mol. The second kappa shape index (κ2) is 6.92. The highest BCUT2D eigenvalue weighted by molar-refractivity contribution is 5.74. The van der Waals surface area contributed by atoms with E-state index in [0.29, 0.717) is 11.8 Å². The Morgan fingerprint density at radius 1 is 1.30 bits per heavy atom. The number of urea groups is 1. The molecule has 0 aromatic rings. The van der Waals surface area contributed by atoms with E-state index in [1.807, 2.05) is 0 Å². The van der Waals surface area contributed by atoms with Crippen molar-refractivity contribution in [2.75, 3.05) is 6.54 Å². The highest BCUT2D eigenvalue weighted by atomic mass is 16.4. The number of rotatable bonds is 5. The van der Waals surface area contributed by atoms with Gasteiger partial charge in [0.05, 0.1) is 12.0 Å². The number of carboxylic acids is 1. The van der Waals surface area contributed by atoms with Crippen LogP contribution in [0.4, 0.5) is 4.79 Å². The Hall–Kier alpha value is -1.30. The lowest BCUT2D eigenvalue weighted by Crippen LogP contribution is -2.50. The first-order chi connectivity index (χ1) is 9.19. The first-order valence-corrected chi connectivity index (χ1v) is 7.18. The normalized spacial score (nSPS) is 29.3. The molecule has 0 aliphatic heterocycles. The summed E-state index contributed by atoms with van der Waals surface area (Å²) in [6.07, 6.45) is 2.76. The van der Waals surface area contributed by atoms with Crippen LogP contribution >= 0.6 is 0 Å². The minimum absolute atomic E-state index is 0.0807. The number of aliphatic carboxylic acids is 1. The third-order valence-corrected chi connectivity index (χ3v) is 3.91. The van der Waals surface area contributed by atoms with E-state index in [9.17, 15) is 14.7 Å². The zero-order chi connectivity index (χ0) is 15.3.